The van der Waals surface area contributed by atoms with E-state index in [1.54, 1.807) is 0 Å². The molecule has 2 saturated heterocycles. The summed E-state index contributed by atoms with van der Waals surface area (Å²) in [4.78, 5) is 2.56. The molecule has 2 heterocycles. The standard InChI is InChI=1S/C11H21NO2/c13-9-10-2-1-5-12(8-10)11-3-6-14-7-4-11/h10-11,13H,1-9H2/t10-/m0/s1. The fourth-order valence-corrected chi connectivity index (χ4v) is 2.63. The van der Waals surface area contributed by atoms with Gasteiger partial charge in [-0.2, -0.15) is 0 Å². The molecule has 2 fully saturated rings. The second kappa shape index (κ2) is 5.10. The Hall–Kier alpha value is -0.120. The maximum Gasteiger partial charge on any atom is 0.0480 e. The molecule has 0 amide bonds. The van der Waals surface area contributed by atoms with Crippen LogP contribution in [0.3, 0.4) is 0 Å². The van der Waals surface area contributed by atoms with Crippen molar-refractivity contribution in [3.63, 3.8) is 0 Å². The fraction of sp³-hybridized carbons (Fsp3) is 1.00. The minimum absolute atomic E-state index is 0.361. The number of hydrogen-bond donors (Lipinski definition) is 1. The average Bonchev–Trinajstić information content (AvgIpc) is 2.30. The molecule has 1 N–H and O–H groups in total. The van der Waals surface area contributed by atoms with Crippen LogP contribution in [0.5, 0.6) is 0 Å². The van der Waals surface area contributed by atoms with Gasteiger partial charge in [0.2, 0.25) is 0 Å². The van der Waals surface area contributed by atoms with E-state index in [1.807, 2.05) is 0 Å². The zero-order valence-corrected chi connectivity index (χ0v) is 8.82. The lowest BCUT2D eigenvalue weighted by molar-refractivity contribution is 0.0111. The van der Waals surface area contributed by atoms with Crippen molar-refractivity contribution in [1.82, 2.24) is 4.90 Å². The number of likely N-dealkylation sites (tertiary alicyclic amines) is 1. The van der Waals surface area contributed by atoms with E-state index in [4.69, 9.17) is 9.84 Å². The number of aliphatic hydroxyl groups is 1. The molecule has 0 spiro atoms. The van der Waals surface area contributed by atoms with Gasteiger partial charge in [-0.1, -0.05) is 0 Å². The van der Waals surface area contributed by atoms with Gasteiger partial charge in [0, 0.05) is 32.4 Å². The smallest absolute Gasteiger partial charge is 0.0480 e. The maximum atomic E-state index is 9.16. The van der Waals surface area contributed by atoms with Crippen LogP contribution in [-0.4, -0.2) is 49.0 Å². The molecule has 0 aliphatic carbocycles. The van der Waals surface area contributed by atoms with E-state index in [9.17, 15) is 0 Å². The second-order valence-corrected chi connectivity index (χ2v) is 4.53. The number of aliphatic hydroxyl groups excluding tert-OH is 1. The van der Waals surface area contributed by atoms with Gasteiger partial charge in [0.15, 0.2) is 0 Å². The van der Waals surface area contributed by atoms with E-state index in [1.165, 1.54) is 32.2 Å². The summed E-state index contributed by atoms with van der Waals surface area (Å²) in [5.41, 5.74) is 0. The van der Waals surface area contributed by atoms with Gasteiger partial charge in [-0.05, 0) is 38.1 Å². The van der Waals surface area contributed by atoms with E-state index >= 15 is 0 Å². The van der Waals surface area contributed by atoms with Gasteiger partial charge in [0.25, 0.3) is 0 Å². The summed E-state index contributed by atoms with van der Waals surface area (Å²) in [5, 5.41) is 9.16. The Bertz CT molecular complexity index is 169. The van der Waals surface area contributed by atoms with Crippen LogP contribution >= 0.6 is 0 Å². The SMILES string of the molecule is OC[C@H]1CCCN(C2CCOCC2)C1. The summed E-state index contributed by atoms with van der Waals surface area (Å²) in [5.74, 6) is 0.520. The largest absolute Gasteiger partial charge is 0.396 e. The molecule has 0 saturated carbocycles. The Morgan fingerprint density at radius 3 is 2.71 bits per heavy atom. The average molecular weight is 199 g/mol. The van der Waals surface area contributed by atoms with E-state index in [2.05, 4.69) is 4.90 Å². The van der Waals surface area contributed by atoms with Crippen molar-refractivity contribution in [3.05, 3.63) is 0 Å². The van der Waals surface area contributed by atoms with Gasteiger partial charge in [-0.25, -0.2) is 0 Å². The minimum atomic E-state index is 0.361. The van der Waals surface area contributed by atoms with Crippen LogP contribution in [-0.2, 0) is 4.74 Å². The van der Waals surface area contributed by atoms with Crippen molar-refractivity contribution in [1.29, 1.82) is 0 Å². The second-order valence-electron chi connectivity index (χ2n) is 4.53. The first-order chi connectivity index (χ1) is 6.90. The van der Waals surface area contributed by atoms with Gasteiger partial charge in [-0.15, -0.1) is 0 Å². The molecule has 2 aliphatic rings. The zero-order chi connectivity index (χ0) is 9.80. The van der Waals surface area contributed by atoms with Crippen molar-refractivity contribution >= 4 is 0 Å². The maximum absolute atomic E-state index is 9.16. The van der Waals surface area contributed by atoms with E-state index in [0.29, 0.717) is 12.5 Å². The monoisotopic (exact) mass is 199 g/mol. The Morgan fingerprint density at radius 1 is 1.21 bits per heavy atom. The summed E-state index contributed by atoms with van der Waals surface area (Å²) in [6.45, 7) is 4.53. The highest BCUT2D eigenvalue weighted by Crippen LogP contribution is 2.22. The Morgan fingerprint density at radius 2 is 2.00 bits per heavy atom. The van der Waals surface area contributed by atoms with Crippen molar-refractivity contribution in [2.45, 2.75) is 31.7 Å². The van der Waals surface area contributed by atoms with E-state index in [-0.39, 0.29) is 0 Å². The molecule has 1 atom stereocenters. The van der Waals surface area contributed by atoms with E-state index < -0.39 is 0 Å². The first-order valence-electron chi connectivity index (χ1n) is 5.83. The molecule has 0 aromatic heterocycles. The predicted octanol–water partition coefficient (Wildman–Crippen LogP) is 0.870. The number of rotatable bonds is 2. The summed E-state index contributed by atoms with van der Waals surface area (Å²) in [6.07, 6.45) is 4.81. The molecule has 3 heteroatoms. The van der Waals surface area contributed by atoms with Crippen molar-refractivity contribution < 1.29 is 9.84 Å². The third-order valence-corrected chi connectivity index (χ3v) is 3.52. The molecular formula is C11H21NO2. The lowest BCUT2D eigenvalue weighted by Crippen LogP contribution is -2.45. The van der Waals surface area contributed by atoms with Gasteiger partial charge >= 0.3 is 0 Å². The van der Waals surface area contributed by atoms with Crippen LogP contribution in [0.1, 0.15) is 25.7 Å². The fourth-order valence-electron chi connectivity index (χ4n) is 2.63. The topological polar surface area (TPSA) is 32.7 Å². The van der Waals surface area contributed by atoms with Gasteiger partial charge < -0.3 is 9.84 Å². The first kappa shape index (κ1) is 10.4. The number of hydrogen-bond acceptors (Lipinski definition) is 3. The summed E-state index contributed by atoms with van der Waals surface area (Å²) < 4.78 is 5.37. The molecule has 0 radical (unpaired) electrons. The van der Waals surface area contributed by atoms with Crippen LogP contribution in [0, 0.1) is 5.92 Å². The summed E-state index contributed by atoms with van der Waals surface area (Å²) in [7, 11) is 0. The number of piperidine rings is 1. The summed E-state index contributed by atoms with van der Waals surface area (Å²) >= 11 is 0. The Labute approximate surface area is 86.0 Å². The van der Waals surface area contributed by atoms with Gasteiger partial charge in [0.1, 0.15) is 0 Å². The van der Waals surface area contributed by atoms with Crippen LogP contribution in [0.15, 0.2) is 0 Å². The lowest BCUT2D eigenvalue weighted by atomic mass is 9.95. The van der Waals surface area contributed by atoms with Gasteiger partial charge in [-0.3, -0.25) is 4.90 Å². The van der Waals surface area contributed by atoms with Crippen molar-refractivity contribution in [3.8, 4) is 0 Å². The molecule has 0 aromatic rings. The molecule has 2 rings (SSSR count). The highest BCUT2D eigenvalue weighted by Gasteiger charge is 2.26. The highest BCUT2D eigenvalue weighted by atomic mass is 16.5. The van der Waals surface area contributed by atoms with Gasteiger partial charge in [0.05, 0.1) is 0 Å². The molecule has 2 aliphatic heterocycles. The molecule has 0 unspecified atom stereocenters. The normalized spacial score (nSPS) is 31.9. The van der Waals surface area contributed by atoms with Crippen LogP contribution in [0.4, 0.5) is 0 Å². The lowest BCUT2D eigenvalue weighted by Gasteiger charge is -2.39. The third kappa shape index (κ3) is 2.47. The quantitative estimate of drug-likeness (QED) is 0.716. The highest BCUT2D eigenvalue weighted by molar-refractivity contribution is 4.80. The Balaban J connectivity index is 1.83. The summed E-state index contributed by atoms with van der Waals surface area (Å²) in [6, 6.07) is 0.720. The molecular weight excluding hydrogens is 178 g/mol. The van der Waals surface area contributed by atoms with E-state index in [0.717, 1.165) is 25.8 Å². The van der Waals surface area contributed by atoms with Crippen molar-refractivity contribution in [2.75, 3.05) is 32.9 Å². The van der Waals surface area contributed by atoms with Crippen LogP contribution < -0.4 is 0 Å². The zero-order valence-electron chi connectivity index (χ0n) is 8.82. The Kier molecular flexibility index (Phi) is 3.79. The first-order valence-corrected chi connectivity index (χ1v) is 5.83. The molecule has 82 valence electrons. The molecule has 0 aromatic carbocycles. The van der Waals surface area contributed by atoms with Crippen LogP contribution in [0.2, 0.25) is 0 Å². The van der Waals surface area contributed by atoms with Crippen LogP contribution in [0.25, 0.3) is 0 Å². The molecule has 14 heavy (non-hydrogen) atoms. The molecule has 0 bridgehead atoms. The third-order valence-electron chi connectivity index (χ3n) is 3.52. The minimum Gasteiger partial charge on any atom is -0.396 e. The number of ether oxygens (including phenoxy) is 1. The van der Waals surface area contributed by atoms with Crippen molar-refractivity contribution in [2.24, 2.45) is 5.92 Å². The predicted molar refractivity (Wildman–Crippen MR) is 55.2 cm³/mol. The number of nitrogens with zero attached hydrogens (tertiary/aromatic N) is 1. The molecule has 3 nitrogen and oxygen atoms in total.